The van der Waals surface area contributed by atoms with Crippen LogP contribution in [-0.4, -0.2) is 31.3 Å². The number of aromatic nitrogens is 4. The van der Waals surface area contributed by atoms with Gasteiger partial charge in [0.1, 0.15) is 11.3 Å². The van der Waals surface area contributed by atoms with Crippen LogP contribution >= 0.6 is 11.8 Å². The molecule has 0 aliphatic heterocycles. The molecule has 0 spiro atoms. The Hall–Kier alpha value is -3.00. The minimum atomic E-state index is -0.417. The van der Waals surface area contributed by atoms with Crippen LogP contribution in [-0.2, 0) is 4.79 Å². The number of aryl methyl sites for hydroxylation is 2. The van der Waals surface area contributed by atoms with E-state index in [1.807, 2.05) is 32.0 Å². The molecule has 0 saturated carbocycles. The second-order valence-corrected chi connectivity index (χ2v) is 7.93. The topological polar surface area (TPSA) is 83.6 Å². The van der Waals surface area contributed by atoms with Crippen molar-refractivity contribution >= 4 is 45.4 Å². The number of nitrogens with one attached hydrogen (secondary N) is 2. The number of thioether (sulfide) groups is 1. The fourth-order valence-electron chi connectivity index (χ4n) is 3.03. The summed E-state index contributed by atoms with van der Waals surface area (Å²) in [6.45, 7) is 5.71. The Morgan fingerprint density at radius 1 is 1.18 bits per heavy atom. The van der Waals surface area contributed by atoms with E-state index in [4.69, 9.17) is 0 Å². The molecule has 0 fully saturated rings. The number of aromatic amines is 1. The van der Waals surface area contributed by atoms with Crippen molar-refractivity contribution in [3.8, 4) is 0 Å². The van der Waals surface area contributed by atoms with Gasteiger partial charge < -0.3 is 10.3 Å². The van der Waals surface area contributed by atoms with Gasteiger partial charge in [-0.25, -0.2) is 9.37 Å². The van der Waals surface area contributed by atoms with Crippen molar-refractivity contribution in [2.45, 2.75) is 31.2 Å². The lowest BCUT2D eigenvalue weighted by Gasteiger charge is -2.14. The SMILES string of the molecule is Cc1cccc(C)c1NC(=O)C(C)Sc1nnc2c(n1)[nH]c1ccc(F)cc12. The molecule has 0 saturated heterocycles. The molecule has 1 atom stereocenters. The van der Waals surface area contributed by atoms with Crippen LogP contribution in [0.5, 0.6) is 0 Å². The Bertz CT molecular complexity index is 1190. The van der Waals surface area contributed by atoms with Crippen molar-refractivity contribution < 1.29 is 9.18 Å². The van der Waals surface area contributed by atoms with Crippen LogP contribution in [0.2, 0.25) is 0 Å². The zero-order chi connectivity index (χ0) is 19.8. The van der Waals surface area contributed by atoms with E-state index in [0.717, 1.165) is 22.3 Å². The van der Waals surface area contributed by atoms with Crippen molar-refractivity contribution in [3.05, 3.63) is 53.3 Å². The number of hydrogen-bond donors (Lipinski definition) is 2. The molecule has 28 heavy (non-hydrogen) atoms. The number of H-pyrrole nitrogens is 1. The number of nitrogens with zero attached hydrogens (tertiary/aromatic N) is 3. The average molecular weight is 395 g/mol. The Labute approximate surface area is 165 Å². The van der Waals surface area contributed by atoms with E-state index >= 15 is 0 Å². The third kappa shape index (κ3) is 3.43. The summed E-state index contributed by atoms with van der Waals surface area (Å²) < 4.78 is 13.5. The van der Waals surface area contributed by atoms with Gasteiger partial charge in [0.05, 0.1) is 5.25 Å². The molecular formula is C20H18FN5OS. The van der Waals surface area contributed by atoms with Crippen molar-refractivity contribution in [1.82, 2.24) is 20.2 Å². The summed E-state index contributed by atoms with van der Waals surface area (Å²) in [4.78, 5) is 20.2. The zero-order valence-electron chi connectivity index (χ0n) is 15.6. The molecule has 0 bridgehead atoms. The quantitative estimate of drug-likeness (QED) is 0.501. The monoisotopic (exact) mass is 395 g/mol. The number of carbonyl (C=O) groups is 1. The highest BCUT2D eigenvalue weighted by Gasteiger charge is 2.19. The Morgan fingerprint density at radius 3 is 2.68 bits per heavy atom. The summed E-state index contributed by atoms with van der Waals surface area (Å²) in [6, 6.07) is 10.3. The van der Waals surface area contributed by atoms with Crippen molar-refractivity contribution in [2.24, 2.45) is 0 Å². The van der Waals surface area contributed by atoms with Gasteiger partial charge in [0.15, 0.2) is 5.65 Å². The first-order valence-electron chi connectivity index (χ1n) is 8.78. The van der Waals surface area contributed by atoms with Crippen LogP contribution in [0, 0.1) is 19.7 Å². The van der Waals surface area contributed by atoms with Crippen molar-refractivity contribution in [3.63, 3.8) is 0 Å². The van der Waals surface area contributed by atoms with Crippen LogP contribution in [0.25, 0.3) is 22.1 Å². The molecule has 1 unspecified atom stereocenters. The lowest BCUT2D eigenvalue weighted by molar-refractivity contribution is -0.115. The Balaban J connectivity index is 1.55. The maximum absolute atomic E-state index is 13.5. The molecule has 1 amide bonds. The van der Waals surface area contributed by atoms with E-state index in [9.17, 15) is 9.18 Å². The molecule has 2 aromatic carbocycles. The maximum atomic E-state index is 13.5. The molecule has 8 heteroatoms. The van der Waals surface area contributed by atoms with Crippen LogP contribution in [0.15, 0.2) is 41.6 Å². The number of fused-ring (bicyclic) bond motifs is 3. The predicted octanol–water partition coefficient (Wildman–Crippen LogP) is 4.38. The second kappa shape index (κ2) is 7.20. The molecule has 0 radical (unpaired) electrons. The summed E-state index contributed by atoms with van der Waals surface area (Å²) in [6.07, 6.45) is 0. The number of anilines is 1. The standard InChI is InChI=1S/C20H18FN5OS/c1-10-5-4-6-11(2)16(10)23-19(27)12(3)28-20-24-18-17(25-26-20)14-9-13(21)7-8-15(14)22-18/h4-9,12H,1-3H3,(H,23,27)(H,22,24,26). The minimum Gasteiger partial charge on any atom is -0.338 e. The Morgan fingerprint density at radius 2 is 1.93 bits per heavy atom. The molecule has 142 valence electrons. The molecule has 2 aromatic heterocycles. The highest BCUT2D eigenvalue weighted by molar-refractivity contribution is 8.00. The first kappa shape index (κ1) is 18.4. The van der Waals surface area contributed by atoms with Crippen LogP contribution in [0.1, 0.15) is 18.1 Å². The predicted molar refractivity (Wildman–Crippen MR) is 109 cm³/mol. The van der Waals surface area contributed by atoms with Crippen molar-refractivity contribution in [2.75, 3.05) is 5.32 Å². The molecule has 2 heterocycles. The molecule has 0 aliphatic carbocycles. The highest BCUT2D eigenvalue weighted by Crippen LogP contribution is 2.27. The van der Waals surface area contributed by atoms with E-state index in [1.54, 1.807) is 13.0 Å². The van der Waals surface area contributed by atoms with Gasteiger partial charge in [-0.1, -0.05) is 30.0 Å². The normalized spacial score (nSPS) is 12.4. The van der Waals surface area contributed by atoms with E-state index < -0.39 is 5.25 Å². The van der Waals surface area contributed by atoms with Gasteiger partial charge in [-0.15, -0.1) is 10.2 Å². The molecule has 4 rings (SSSR count). The Kier molecular flexibility index (Phi) is 4.72. The van der Waals surface area contributed by atoms with E-state index in [0.29, 0.717) is 21.7 Å². The number of hydrogen-bond acceptors (Lipinski definition) is 5. The lowest BCUT2D eigenvalue weighted by Crippen LogP contribution is -2.23. The van der Waals surface area contributed by atoms with Gasteiger partial charge in [-0.3, -0.25) is 4.79 Å². The first-order valence-corrected chi connectivity index (χ1v) is 9.66. The lowest BCUT2D eigenvalue weighted by atomic mass is 10.1. The molecular weight excluding hydrogens is 377 g/mol. The third-order valence-electron chi connectivity index (χ3n) is 4.54. The molecule has 0 aliphatic rings. The third-order valence-corrected chi connectivity index (χ3v) is 5.49. The van der Waals surface area contributed by atoms with E-state index in [-0.39, 0.29) is 11.7 Å². The van der Waals surface area contributed by atoms with Gasteiger partial charge in [0.2, 0.25) is 11.1 Å². The van der Waals surface area contributed by atoms with Crippen LogP contribution in [0.4, 0.5) is 10.1 Å². The smallest absolute Gasteiger partial charge is 0.237 e. The number of halogens is 1. The fourth-order valence-corrected chi connectivity index (χ4v) is 3.74. The molecule has 6 nitrogen and oxygen atoms in total. The summed E-state index contributed by atoms with van der Waals surface area (Å²) in [5.41, 5.74) is 4.60. The van der Waals surface area contributed by atoms with Crippen LogP contribution < -0.4 is 5.32 Å². The van der Waals surface area contributed by atoms with E-state index in [1.165, 1.54) is 23.9 Å². The maximum Gasteiger partial charge on any atom is 0.237 e. The fraction of sp³-hybridized carbons (Fsp3) is 0.200. The minimum absolute atomic E-state index is 0.134. The number of amides is 1. The van der Waals surface area contributed by atoms with Gasteiger partial charge in [-0.2, -0.15) is 0 Å². The number of para-hydroxylation sites is 1. The highest BCUT2D eigenvalue weighted by atomic mass is 32.2. The summed E-state index contributed by atoms with van der Waals surface area (Å²) in [5.74, 6) is -0.477. The first-order chi connectivity index (χ1) is 13.4. The van der Waals surface area contributed by atoms with Gasteiger partial charge in [0.25, 0.3) is 0 Å². The van der Waals surface area contributed by atoms with Crippen molar-refractivity contribution in [1.29, 1.82) is 0 Å². The summed E-state index contributed by atoms with van der Waals surface area (Å²) in [5, 5.41) is 11.8. The molecule has 4 aromatic rings. The van der Waals surface area contributed by atoms with Gasteiger partial charge in [-0.05, 0) is 50.1 Å². The number of benzene rings is 2. The van der Waals surface area contributed by atoms with E-state index in [2.05, 4.69) is 25.5 Å². The summed E-state index contributed by atoms with van der Waals surface area (Å²) >= 11 is 1.22. The van der Waals surface area contributed by atoms with Gasteiger partial charge in [0, 0.05) is 16.6 Å². The largest absolute Gasteiger partial charge is 0.338 e. The molecule has 2 N–H and O–H groups in total. The van der Waals surface area contributed by atoms with Gasteiger partial charge >= 0.3 is 0 Å². The average Bonchev–Trinajstić information content (AvgIpc) is 3.01. The zero-order valence-corrected chi connectivity index (χ0v) is 16.4. The number of rotatable bonds is 4. The second-order valence-electron chi connectivity index (χ2n) is 6.62. The summed E-state index contributed by atoms with van der Waals surface area (Å²) in [7, 11) is 0. The number of carbonyl (C=O) groups excluding carboxylic acids is 1. The van der Waals surface area contributed by atoms with Crippen LogP contribution in [0.3, 0.4) is 0 Å².